The summed E-state index contributed by atoms with van der Waals surface area (Å²) in [7, 11) is 1.71. The Balaban J connectivity index is 1.97. The average Bonchev–Trinajstić information content (AvgIpc) is 2.38. The van der Waals surface area contributed by atoms with Crippen LogP contribution in [0.2, 0.25) is 0 Å². The van der Waals surface area contributed by atoms with Crippen molar-refractivity contribution in [1.82, 2.24) is 4.90 Å². The number of amidine groups is 1. The van der Waals surface area contributed by atoms with Gasteiger partial charge in [0.2, 0.25) is 5.91 Å². The summed E-state index contributed by atoms with van der Waals surface area (Å²) in [6.45, 7) is 2.24. The number of rotatable bonds is 4. The number of nitrogens with zero attached hydrogens (tertiary/aromatic N) is 2. The molecule has 0 radical (unpaired) electrons. The van der Waals surface area contributed by atoms with E-state index in [4.69, 9.17) is 15.7 Å². The van der Waals surface area contributed by atoms with Gasteiger partial charge in [-0.3, -0.25) is 4.79 Å². The average molecular weight is 269 g/mol. The molecule has 19 heavy (non-hydrogen) atoms. The third-order valence-corrected chi connectivity index (χ3v) is 4.52. The van der Waals surface area contributed by atoms with Crippen molar-refractivity contribution in [3.8, 4) is 0 Å². The van der Waals surface area contributed by atoms with Crippen LogP contribution in [-0.4, -0.2) is 48.7 Å². The quantitative estimate of drug-likeness (QED) is 0.342. The molecule has 1 aliphatic heterocycles. The summed E-state index contributed by atoms with van der Waals surface area (Å²) in [6.07, 6.45) is 4.28. The first-order chi connectivity index (χ1) is 9.14. The fourth-order valence-corrected chi connectivity index (χ4v) is 3.05. The van der Waals surface area contributed by atoms with Gasteiger partial charge in [0.25, 0.3) is 0 Å². The van der Waals surface area contributed by atoms with E-state index < -0.39 is 5.41 Å². The van der Waals surface area contributed by atoms with E-state index in [9.17, 15) is 4.79 Å². The molecule has 3 N–H and O–H groups in total. The van der Waals surface area contributed by atoms with Crippen LogP contribution in [0, 0.1) is 11.3 Å². The smallest absolute Gasteiger partial charge is 0.236 e. The van der Waals surface area contributed by atoms with Crippen LogP contribution in [0.1, 0.15) is 32.1 Å². The zero-order valence-electron chi connectivity index (χ0n) is 11.5. The molecule has 1 saturated carbocycles. The molecule has 0 bridgehead atoms. The number of carbonyl (C=O) groups is 1. The van der Waals surface area contributed by atoms with Crippen LogP contribution < -0.4 is 5.73 Å². The standard InChI is InChI=1S/C13H23N3O3/c1-19-9-10-3-7-16(8-4-10)12(17)13(5-2-6-13)11(14)15-18/h10,18H,2-9H2,1H3,(H2,14,15). The van der Waals surface area contributed by atoms with Crippen LogP contribution in [0.25, 0.3) is 0 Å². The molecule has 6 nitrogen and oxygen atoms in total. The van der Waals surface area contributed by atoms with E-state index in [2.05, 4.69) is 5.16 Å². The minimum absolute atomic E-state index is 0.0323. The van der Waals surface area contributed by atoms with E-state index >= 15 is 0 Å². The number of likely N-dealkylation sites (tertiary alicyclic amines) is 1. The van der Waals surface area contributed by atoms with Crippen molar-refractivity contribution in [3.05, 3.63) is 0 Å². The van der Waals surface area contributed by atoms with Crippen molar-refractivity contribution in [1.29, 1.82) is 0 Å². The summed E-state index contributed by atoms with van der Waals surface area (Å²) in [4.78, 5) is 14.5. The van der Waals surface area contributed by atoms with Gasteiger partial charge in [0, 0.05) is 26.8 Å². The number of hydrogen-bond acceptors (Lipinski definition) is 4. The summed E-state index contributed by atoms with van der Waals surface area (Å²) in [6, 6.07) is 0. The molecule has 1 saturated heterocycles. The molecular formula is C13H23N3O3. The molecule has 2 rings (SSSR count). The van der Waals surface area contributed by atoms with Crippen molar-refractivity contribution in [2.45, 2.75) is 32.1 Å². The van der Waals surface area contributed by atoms with E-state index in [0.717, 1.165) is 39.0 Å². The van der Waals surface area contributed by atoms with E-state index in [1.165, 1.54) is 0 Å². The molecule has 108 valence electrons. The van der Waals surface area contributed by atoms with E-state index in [-0.39, 0.29) is 11.7 Å². The van der Waals surface area contributed by atoms with Gasteiger partial charge >= 0.3 is 0 Å². The van der Waals surface area contributed by atoms with Gasteiger partial charge in [0.05, 0.1) is 0 Å². The molecule has 1 heterocycles. The third kappa shape index (κ3) is 2.54. The van der Waals surface area contributed by atoms with Gasteiger partial charge in [-0.2, -0.15) is 0 Å². The first kappa shape index (κ1) is 14.1. The van der Waals surface area contributed by atoms with Gasteiger partial charge in [-0.05, 0) is 31.6 Å². The first-order valence-corrected chi connectivity index (χ1v) is 6.90. The Morgan fingerprint density at radius 1 is 1.47 bits per heavy atom. The minimum Gasteiger partial charge on any atom is -0.409 e. The Morgan fingerprint density at radius 2 is 2.11 bits per heavy atom. The van der Waals surface area contributed by atoms with Crippen LogP contribution in [0.4, 0.5) is 0 Å². The van der Waals surface area contributed by atoms with Gasteiger partial charge < -0.3 is 20.6 Å². The molecule has 2 fully saturated rings. The Hall–Kier alpha value is -1.30. The number of oxime groups is 1. The molecule has 0 spiro atoms. The lowest BCUT2D eigenvalue weighted by Crippen LogP contribution is -2.56. The van der Waals surface area contributed by atoms with Gasteiger partial charge in [-0.1, -0.05) is 11.6 Å². The predicted molar refractivity (Wildman–Crippen MR) is 70.9 cm³/mol. The lowest BCUT2D eigenvalue weighted by atomic mass is 9.66. The Labute approximate surface area is 113 Å². The van der Waals surface area contributed by atoms with E-state index in [1.807, 2.05) is 4.90 Å². The molecule has 6 heteroatoms. The van der Waals surface area contributed by atoms with Gasteiger partial charge in [-0.25, -0.2) is 0 Å². The normalized spacial score (nSPS) is 24.1. The molecule has 0 aromatic carbocycles. The molecule has 0 aromatic rings. The number of amides is 1. The maximum absolute atomic E-state index is 12.6. The molecule has 0 unspecified atom stereocenters. The number of nitrogens with two attached hydrogens (primary N) is 1. The topological polar surface area (TPSA) is 88.2 Å². The summed E-state index contributed by atoms with van der Waals surface area (Å²) in [5, 5.41) is 11.9. The van der Waals surface area contributed by atoms with Crippen molar-refractivity contribution in [2.75, 3.05) is 26.8 Å². The van der Waals surface area contributed by atoms with Crippen molar-refractivity contribution >= 4 is 11.7 Å². The zero-order valence-corrected chi connectivity index (χ0v) is 11.5. The fourth-order valence-electron chi connectivity index (χ4n) is 3.05. The summed E-state index contributed by atoms with van der Waals surface area (Å²) in [5.74, 6) is 0.642. The number of methoxy groups -OCH3 is 1. The fraction of sp³-hybridized carbons (Fsp3) is 0.846. The van der Waals surface area contributed by atoms with Gasteiger partial charge in [0.1, 0.15) is 5.41 Å². The Morgan fingerprint density at radius 3 is 2.53 bits per heavy atom. The minimum atomic E-state index is -0.733. The SMILES string of the molecule is COCC1CCN(C(=O)C2(C(N)=NO)CCC2)CC1. The highest BCUT2D eigenvalue weighted by Crippen LogP contribution is 2.43. The molecular weight excluding hydrogens is 246 g/mol. The van der Waals surface area contributed by atoms with Crippen LogP contribution >= 0.6 is 0 Å². The highest BCUT2D eigenvalue weighted by atomic mass is 16.5. The lowest BCUT2D eigenvalue weighted by Gasteiger charge is -2.44. The second-order valence-electron chi connectivity index (χ2n) is 5.61. The molecule has 1 aliphatic carbocycles. The third-order valence-electron chi connectivity index (χ3n) is 4.52. The first-order valence-electron chi connectivity index (χ1n) is 6.90. The van der Waals surface area contributed by atoms with Crippen molar-refractivity contribution < 1.29 is 14.7 Å². The summed E-state index contributed by atoms with van der Waals surface area (Å²) < 4.78 is 5.16. The maximum atomic E-state index is 12.6. The second kappa shape index (κ2) is 5.77. The predicted octanol–water partition coefficient (Wildman–Crippen LogP) is 0.788. The zero-order chi connectivity index (χ0) is 13.9. The van der Waals surface area contributed by atoms with Crippen LogP contribution in [0.15, 0.2) is 5.16 Å². The lowest BCUT2D eigenvalue weighted by molar-refractivity contribution is -0.143. The maximum Gasteiger partial charge on any atom is 0.236 e. The monoisotopic (exact) mass is 269 g/mol. The number of piperidine rings is 1. The summed E-state index contributed by atoms with van der Waals surface area (Å²) in [5.41, 5.74) is 5.00. The number of hydrogen-bond donors (Lipinski definition) is 2. The Bertz CT molecular complexity index is 358. The van der Waals surface area contributed by atoms with Crippen LogP contribution in [0.3, 0.4) is 0 Å². The molecule has 1 amide bonds. The highest BCUT2D eigenvalue weighted by molar-refractivity contribution is 6.07. The molecule has 2 aliphatic rings. The van der Waals surface area contributed by atoms with Gasteiger partial charge in [-0.15, -0.1) is 0 Å². The number of carbonyl (C=O) groups excluding carboxylic acids is 1. The molecule has 0 atom stereocenters. The van der Waals surface area contributed by atoms with Crippen LogP contribution in [-0.2, 0) is 9.53 Å². The highest BCUT2D eigenvalue weighted by Gasteiger charge is 2.50. The molecule has 0 aromatic heterocycles. The largest absolute Gasteiger partial charge is 0.409 e. The van der Waals surface area contributed by atoms with E-state index in [0.29, 0.717) is 18.8 Å². The van der Waals surface area contributed by atoms with Crippen molar-refractivity contribution in [3.63, 3.8) is 0 Å². The van der Waals surface area contributed by atoms with Crippen LogP contribution in [0.5, 0.6) is 0 Å². The Kier molecular flexibility index (Phi) is 4.29. The summed E-state index contributed by atoms with van der Waals surface area (Å²) >= 11 is 0. The number of ether oxygens (including phenoxy) is 1. The van der Waals surface area contributed by atoms with E-state index in [1.54, 1.807) is 7.11 Å². The second-order valence-corrected chi connectivity index (χ2v) is 5.61. The van der Waals surface area contributed by atoms with Gasteiger partial charge in [0.15, 0.2) is 5.84 Å². The van der Waals surface area contributed by atoms with Crippen molar-refractivity contribution in [2.24, 2.45) is 22.2 Å².